The molecule has 1 aromatic heterocycles. The Bertz CT molecular complexity index is 523. The molecule has 1 atom stereocenters. The number of sulfonamides is 1. The average Bonchev–Trinajstić information content (AvgIpc) is 2.88. The minimum atomic E-state index is -3.45. The molecule has 0 aliphatic carbocycles. The number of rotatable bonds is 4. The maximum Gasteiger partial charge on any atom is 0.262 e. The van der Waals surface area contributed by atoms with E-state index in [1.807, 2.05) is 6.92 Å². The molecular weight excluding hydrogens is 252 g/mol. The third kappa shape index (κ3) is 2.30. The molecule has 2 N–H and O–H groups in total. The van der Waals surface area contributed by atoms with Gasteiger partial charge < -0.3 is 5.32 Å². The summed E-state index contributed by atoms with van der Waals surface area (Å²) in [6.45, 7) is 5.59. The number of aromatic amines is 1. The van der Waals surface area contributed by atoms with Gasteiger partial charge in [-0.05, 0) is 26.3 Å². The van der Waals surface area contributed by atoms with Crippen molar-refractivity contribution >= 4 is 10.0 Å². The zero-order valence-corrected chi connectivity index (χ0v) is 11.8. The molecule has 0 aromatic carbocycles. The minimum absolute atomic E-state index is 0.170. The highest BCUT2D eigenvalue weighted by Gasteiger charge is 2.34. The fraction of sp³-hybridized carbons (Fsp3) is 0.727. The van der Waals surface area contributed by atoms with Gasteiger partial charge in [-0.25, -0.2) is 8.42 Å². The molecule has 1 unspecified atom stereocenters. The molecule has 0 radical (unpaired) electrons. The molecule has 1 saturated heterocycles. The van der Waals surface area contributed by atoms with Crippen molar-refractivity contribution < 1.29 is 8.42 Å². The van der Waals surface area contributed by atoms with Gasteiger partial charge in [0.2, 0.25) is 0 Å². The summed E-state index contributed by atoms with van der Waals surface area (Å²) in [7, 11) is -1.66. The van der Waals surface area contributed by atoms with Gasteiger partial charge >= 0.3 is 0 Å². The molecule has 0 saturated carbocycles. The predicted molar refractivity (Wildman–Crippen MR) is 68.6 cm³/mol. The second-order valence-electron chi connectivity index (χ2n) is 4.92. The Balaban J connectivity index is 2.35. The Hall–Kier alpha value is -0.920. The lowest BCUT2D eigenvalue weighted by Gasteiger charge is -2.15. The van der Waals surface area contributed by atoms with Crippen molar-refractivity contribution in [3.05, 3.63) is 11.3 Å². The zero-order valence-electron chi connectivity index (χ0n) is 11.0. The summed E-state index contributed by atoms with van der Waals surface area (Å²) < 4.78 is 26.5. The summed E-state index contributed by atoms with van der Waals surface area (Å²) in [5, 5.41) is 9.90. The predicted octanol–water partition coefficient (Wildman–Crippen LogP) is 0.468. The molecule has 1 aliphatic rings. The monoisotopic (exact) mass is 272 g/mol. The van der Waals surface area contributed by atoms with Crippen LogP contribution in [-0.4, -0.2) is 43.1 Å². The Morgan fingerprint density at radius 3 is 2.83 bits per heavy atom. The molecular formula is C11H20N4O2S. The first kappa shape index (κ1) is 13.5. The van der Waals surface area contributed by atoms with Crippen molar-refractivity contribution in [1.29, 1.82) is 0 Å². The highest BCUT2D eigenvalue weighted by molar-refractivity contribution is 7.89. The third-order valence-corrected chi connectivity index (χ3v) is 5.20. The van der Waals surface area contributed by atoms with E-state index in [0.717, 1.165) is 17.7 Å². The maximum absolute atomic E-state index is 12.5. The Morgan fingerprint density at radius 2 is 2.28 bits per heavy atom. The summed E-state index contributed by atoms with van der Waals surface area (Å²) in [6, 6.07) is 0. The van der Waals surface area contributed by atoms with Crippen LogP contribution in [0.5, 0.6) is 0 Å². The van der Waals surface area contributed by atoms with Gasteiger partial charge in [0.05, 0.1) is 0 Å². The van der Waals surface area contributed by atoms with Crippen molar-refractivity contribution in [2.45, 2.75) is 31.8 Å². The van der Waals surface area contributed by atoms with Gasteiger partial charge in [-0.2, -0.15) is 9.40 Å². The Labute approximate surface area is 108 Å². The average molecular weight is 272 g/mol. The molecule has 1 fully saturated rings. The van der Waals surface area contributed by atoms with Crippen LogP contribution in [0, 0.1) is 12.8 Å². The largest absolute Gasteiger partial charge is 0.316 e. The maximum atomic E-state index is 12.5. The van der Waals surface area contributed by atoms with Crippen LogP contribution in [-0.2, 0) is 16.6 Å². The summed E-state index contributed by atoms with van der Waals surface area (Å²) in [4.78, 5) is 0. The van der Waals surface area contributed by atoms with Crippen LogP contribution in [0.1, 0.15) is 24.6 Å². The first-order valence-corrected chi connectivity index (χ1v) is 7.59. The SMILES string of the molecule is CNCc1c(S(=O)(=O)N2CCC(C)C2)n[nH]c1C. The van der Waals surface area contributed by atoms with Gasteiger partial charge in [-0.15, -0.1) is 0 Å². The summed E-state index contributed by atoms with van der Waals surface area (Å²) in [5.41, 5.74) is 1.53. The van der Waals surface area contributed by atoms with Gasteiger partial charge in [0.25, 0.3) is 10.0 Å². The lowest BCUT2D eigenvalue weighted by Crippen LogP contribution is -2.30. The highest BCUT2D eigenvalue weighted by Crippen LogP contribution is 2.25. The van der Waals surface area contributed by atoms with Crippen molar-refractivity contribution in [2.75, 3.05) is 20.1 Å². The van der Waals surface area contributed by atoms with E-state index in [1.165, 1.54) is 4.31 Å². The van der Waals surface area contributed by atoms with E-state index in [4.69, 9.17) is 0 Å². The zero-order chi connectivity index (χ0) is 13.3. The van der Waals surface area contributed by atoms with Crippen LogP contribution < -0.4 is 5.32 Å². The fourth-order valence-electron chi connectivity index (χ4n) is 2.26. The number of nitrogens with one attached hydrogen (secondary N) is 2. The quantitative estimate of drug-likeness (QED) is 0.835. The molecule has 0 bridgehead atoms. The number of nitrogens with zero attached hydrogens (tertiary/aromatic N) is 2. The van der Waals surface area contributed by atoms with Crippen LogP contribution in [0.4, 0.5) is 0 Å². The molecule has 18 heavy (non-hydrogen) atoms. The summed E-state index contributed by atoms with van der Waals surface area (Å²) in [5.74, 6) is 0.424. The fourth-order valence-corrected chi connectivity index (χ4v) is 4.00. The molecule has 2 rings (SSSR count). The van der Waals surface area contributed by atoms with Crippen molar-refractivity contribution in [2.24, 2.45) is 5.92 Å². The molecule has 1 aliphatic heterocycles. The topological polar surface area (TPSA) is 78.1 Å². The number of aromatic nitrogens is 2. The van der Waals surface area contributed by atoms with Crippen molar-refractivity contribution in [3.63, 3.8) is 0 Å². The highest BCUT2D eigenvalue weighted by atomic mass is 32.2. The number of hydrogen-bond acceptors (Lipinski definition) is 4. The van der Waals surface area contributed by atoms with Crippen LogP contribution in [0.15, 0.2) is 5.03 Å². The summed E-state index contributed by atoms with van der Waals surface area (Å²) in [6.07, 6.45) is 0.921. The molecule has 102 valence electrons. The lowest BCUT2D eigenvalue weighted by atomic mass is 10.2. The van der Waals surface area contributed by atoms with E-state index in [1.54, 1.807) is 7.05 Å². The Kier molecular flexibility index (Phi) is 3.74. The van der Waals surface area contributed by atoms with Gasteiger partial charge in [-0.3, -0.25) is 5.10 Å². The summed E-state index contributed by atoms with van der Waals surface area (Å²) >= 11 is 0. The van der Waals surface area contributed by atoms with Crippen LogP contribution >= 0.6 is 0 Å². The molecule has 1 aromatic rings. The van der Waals surface area contributed by atoms with E-state index in [0.29, 0.717) is 25.6 Å². The van der Waals surface area contributed by atoms with Crippen LogP contribution in [0.25, 0.3) is 0 Å². The van der Waals surface area contributed by atoms with Crippen molar-refractivity contribution in [1.82, 2.24) is 19.8 Å². The first-order valence-electron chi connectivity index (χ1n) is 6.15. The normalized spacial score (nSPS) is 21.6. The smallest absolute Gasteiger partial charge is 0.262 e. The van der Waals surface area contributed by atoms with E-state index in [-0.39, 0.29) is 5.03 Å². The van der Waals surface area contributed by atoms with Gasteiger partial charge in [0.1, 0.15) is 0 Å². The number of aryl methyl sites for hydroxylation is 1. The standard InChI is InChI=1S/C11H20N4O2S/c1-8-4-5-15(7-8)18(16,17)11-10(6-12-3)9(2)13-14-11/h8,12H,4-7H2,1-3H3,(H,13,14). The lowest BCUT2D eigenvalue weighted by molar-refractivity contribution is 0.460. The van der Waals surface area contributed by atoms with E-state index in [2.05, 4.69) is 22.4 Å². The molecule has 0 amide bonds. The second kappa shape index (κ2) is 4.99. The van der Waals surface area contributed by atoms with Crippen LogP contribution in [0.2, 0.25) is 0 Å². The minimum Gasteiger partial charge on any atom is -0.316 e. The van der Waals surface area contributed by atoms with Gasteiger partial charge in [-0.1, -0.05) is 6.92 Å². The molecule has 0 spiro atoms. The third-order valence-electron chi connectivity index (χ3n) is 3.36. The second-order valence-corrected chi connectivity index (χ2v) is 6.77. The Morgan fingerprint density at radius 1 is 1.56 bits per heavy atom. The van der Waals surface area contributed by atoms with E-state index >= 15 is 0 Å². The first-order chi connectivity index (χ1) is 8.46. The molecule has 6 nitrogen and oxygen atoms in total. The van der Waals surface area contributed by atoms with Gasteiger partial charge in [0, 0.05) is 30.9 Å². The van der Waals surface area contributed by atoms with Crippen LogP contribution in [0.3, 0.4) is 0 Å². The van der Waals surface area contributed by atoms with Gasteiger partial charge in [0.15, 0.2) is 5.03 Å². The molecule has 2 heterocycles. The van der Waals surface area contributed by atoms with Crippen molar-refractivity contribution in [3.8, 4) is 0 Å². The number of H-pyrrole nitrogens is 1. The number of hydrogen-bond donors (Lipinski definition) is 2. The molecule has 7 heteroatoms. The van der Waals surface area contributed by atoms with E-state index < -0.39 is 10.0 Å². The van der Waals surface area contributed by atoms with E-state index in [9.17, 15) is 8.42 Å².